The molecular weight excluding hydrogens is 176 g/mol. The van der Waals surface area contributed by atoms with Crippen molar-refractivity contribution in [3.63, 3.8) is 0 Å². The summed E-state index contributed by atoms with van der Waals surface area (Å²) < 4.78 is 0. The summed E-state index contributed by atoms with van der Waals surface area (Å²) in [5.74, 6) is 1.11. The van der Waals surface area contributed by atoms with E-state index < -0.39 is 0 Å². The molecule has 0 aliphatic carbocycles. The lowest BCUT2D eigenvalue weighted by molar-refractivity contribution is 0.784. The lowest BCUT2D eigenvalue weighted by atomic mass is 10.1. The zero-order valence-corrected chi connectivity index (χ0v) is 8.99. The maximum absolute atomic E-state index is 5.48. The molecule has 0 saturated heterocycles. The molecule has 0 fully saturated rings. The molecule has 4 nitrogen and oxygen atoms in total. The summed E-state index contributed by atoms with van der Waals surface area (Å²) in [5.41, 5.74) is 6.63. The zero-order chi connectivity index (χ0) is 10.6. The number of nitrogens with zero attached hydrogens (tertiary/aromatic N) is 2. The van der Waals surface area contributed by atoms with Gasteiger partial charge >= 0.3 is 0 Å². The number of rotatable bonds is 4. The highest BCUT2D eigenvalue weighted by Gasteiger charge is 2.03. The van der Waals surface area contributed by atoms with Gasteiger partial charge in [0.25, 0.3) is 0 Å². The molecule has 1 rings (SSSR count). The summed E-state index contributed by atoms with van der Waals surface area (Å²) in [6, 6.07) is 0.208. The van der Waals surface area contributed by atoms with Crippen LogP contribution in [-0.4, -0.2) is 22.6 Å². The first-order valence-electron chi connectivity index (χ1n) is 4.92. The van der Waals surface area contributed by atoms with Gasteiger partial charge in [-0.25, -0.2) is 9.97 Å². The third-order valence-corrected chi connectivity index (χ3v) is 2.07. The average molecular weight is 194 g/mol. The number of hydrogen-bond donors (Lipinski definition) is 2. The Morgan fingerprint density at radius 2 is 1.86 bits per heavy atom. The smallest absolute Gasteiger partial charge is 0.222 e. The summed E-state index contributed by atoms with van der Waals surface area (Å²) in [7, 11) is 0. The molecule has 1 aromatic rings. The Morgan fingerprint density at radius 1 is 1.29 bits per heavy atom. The molecule has 0 radical (unpaired) electrons. The van der Waals surface area contributed by atoms with Crippen molar-refractivity contribution < 1.29 is 0 Å². The van der Waals surface area contributed by atoms with Crippen LogP contribution in [0.4, 0.5) is 5.95 Å². The minimum Gasteiger partial charge on any atom is -0.351 e. The molecule has 1 aromatic heterocycles. The van der Waals surface area contributed by atoms with Gasteiger partial charge in [0.1, 0.15) is 0 Å². The van der Waals surface area contributed by atoms with Crippen molar-refractivity contribution in [1.29, 1.82) is 0 Å². The van der Waals surface area contributed by atoms with E-state index in [9.17, 15) is 0 Å². The van der Waals surface area contributed by atoms with Crippen molar-refractivity contribution >= 4 is 5.95 Å². The molecule has 0 aliphatic heterocycles. The Morgan fingerprint density at radius 3 is 2.29 bits per heavy atom. The van der Waals surface area contributed by atoms with Gasteiger partial charge in [0.15, 0.2) is 0 Å². The Labute approximate surface area is 85.0 Å². The first kappa shape index (κ1) is 10.9. The number of nitrogens with two attached hydrogens (primary N) is 1. The Balaban J connectivity index is 2.64. The molecule has 14 heavy (non-hydrogen) atoms. The van der Waals surface area contributed by atoms with Crippen LogP contribution in [0.3, 0.4) is 0 Å². The standard InChI is InChI=1S/C10H18N4/c1-7(2)9-5-12-10(13-6-9)14-8(3)4-11/h5-8H,4,11H2,1-3H3,(H,12,13,14). The van der Waals surface area contributed by atoms with Crippen LogP contribution in [-0.2, 0) is 0 Å². The van der Waals surface area contributed by atoms with Crippen molar-refractivity contribution in [1.82, 2.24) is 9.97 Å². The van der Waals surface area contributed by atoms with Crippen molar-refractivity contribution in [2.24, 2.45) is 5.73 Å². The molecule has 4 heteroatoms. The van der Waals surface area contributed by atoms with Crippen molar-refractivity contribution in [3.8, 4) is 0 Å². The van der Waals surface area contributed by atoms with Crippen molar-refractivity contribution in [2.75, 3.05) is 11.9 Å². The first-order valence-corrected chi connectivity index (χ1v) is 4.92. The van der Waals surface area contributed by atoms with Gasteiger partial charge in [0, 0.05) is 25.0 Å². The highest BCUT2D eigenvalue weighted by molar-refractivity contribution is 5.26. The van der Waals surface area contributed by atoms with Gasteiger partial charge in [-0.3, -0.25) is 0 Å². The molecule has 3 N–H and O–H groups in total. The van der Waals surface area contributed by atoms with E-state index in [1.54, 1.807) is 0 Å². The van der Waals surface area contributed by atoms with Gasteiger partial charge in [-0.2, -0.15) is 0 Å². The predicted octanol–water partition coefficient (Wildman–Crippen LogP) is 1.36. The fourth-order valence-corrected chi connectivity index (χ4v) is 0.990. The Kier molecular flexibility index (Phi) is 3.83. The number of anilines is 1. The van der Waals surface area contributed by atoms with E-state index in [0.29, 0.717) is 18.4 Å². The Bertz CT molecular complexity index is 268. The van der Waals surface area contributed by atoms with Crippen LogP contribution in [0.2, 0.25) is 0 Å². The summed E-state index contributed by atoms with van der Waals surface area (Å²) >= 11 is 0. The van der Waals surface area contributed by atoms with Gasteiger partial charge in [-0.05, 0) is 18.4 Å². The topological polar surface area (TPSA) is 63.8 Å². The zero-order valence-electron chi connectivity index (χ0n) is 8.99. The molecule has 0 aliphatic rings. The maximum Gasteiger partial charge on any atom is 0.222 e. The predicted molar refractivity (Wildman–Crippen MR) is 58.3 cm³/mol. The molecule has 0 amide bonds. The Hall–Kier alpha value is -1.16. The molecular formula is C10H18N4. The fourth-order valence-electron chi connectivity index (χ4n) is 0.990. The normalized spacial score (nSPS) is 12.9. The second-order valence-electron chi connectivity index (χ2n) is 3.78. The van der Waals surface area contributed by atoms with Gasteiger partial charge in [-0.15, -0.1) is 0 Å². The van der Waals surface area contributed by atoms with Crippen LogP contribution in [0.15, 0.2) is 12.4 Å². The molecule has 0 bridgehead atoms. The lowest BCUT2D eigenvalue weighted by Crippen LogP contribution is -2.26. The van der Waals surface area contributed by atoms with Crippen LogP contribution in [0, 0.1) is 0 Å². The largest absolute Gasteiger partial charge is 0.351 e. The van der Waals surface area contributed by atoms with E-state index in [1.165, 1.54) is 0 Å². The van der Waals surface area contributed by atoms with Crippen molar-refractivity contribution in [2.45, 2.75) is 32.7 Å². The third-order valence-electron chi connectivity index (χ3n) is 2.07. The van der Waals surface area contributed by atoms with E-state index in [1.807, 2.05) is 19.3 Å². The van der Waals surface area contributed by atoms with E-state index >= 15 is 0 Å². The summed E-state index contributed by atoms with van der Waals surface area (Å²) in [6.45, 7) is 6.82. The van der Waals surface area contributed by atoms with E-state index in [4.69, 9.17) is 5.73 Å². The number of nitrogens with one attached hydrogen (secondary N) is 1. The summed E-state index contributed by atoms with van der Waals surface area (Å²) in [5, 5.41) is 3.11. The second-order valence-corrected chi connectivity index (χ2v) is 3.78. The molecule has 0 aromatic carbocycles. The van der Waals surface area contributed by atoms with E-state index in [0.717, 1.165) is 5.56 Å². The van der Waals surface area contributed by atoms with E-state index in [-0.39, 0.29) is 6.04 Å². The summed E-state index contributed by atoms with van der Waals surface area (Å²) in [6.07, 6.45) is 3.70. The number of hydrogen-bond acceptors (Lipinski definition) is 4. The molecule has 0 spiro atoms. The quantitative estimate of drug-likeness (QED) is 0.759. The van der Waals surface area contributed by atoms with E-state index in [2.05, 4.69) is 29.1 Å². The first-order chi connectivity index (χ1) is 6.63. The SMILES string of the molecule is CC(CN)Nc1ncc(C(C)C)cn1. The minimum absolute atomic E-state index is 0.208. The molecule has 1 heterocycles. The fraction of sp³-hybridized carbons (Fsp3) is 0.600. The maximum atomic E-state index is 5.48. The second kappa shape index (κ2) is 4.91. The van der Waals surface area contributed by atoms with Crippen LogP contribution < -0.4 is 11.1 Å². The molecule has 1 unspecified atom stereocenters. The molecule has 0 saturated carbocycles. The monoisotopic (exact) mass is 194 g/mol. The van der Waals surface area contributed by atoms with Gasteiger partial charge in [0.05, 0.1) is 0 Å². The van der Waals surface area contributed by atoms with Crippen molar-refractivity contribution in [3.05, 3.63) is 18.0 Å². The van der Waals surface area contributed by atoms with Crippen LogP contribution in [0.25, 0.3) is 0 Å². The van der Waals surface area contributed by atoms with Crippen LogP contribution in [0.5, 0.6) is 0 Å². The molecule has 1 atom stereocenters. The molecule has 78 valence electrons. The minimum atomic E-state index is 0.208. The number of aromatic nitrogens is 2. The third kappa shape index (κ3) is 2.96. The van der Waals surface area contributed by atoms with Gasteiger partial charge in [-0.1, -0.05) is 13.8 Å². The average Bonchev–Trinajstić information content (AvgIpc) is 2.18. The van der Waals surface area contributed by atoms with Crippen LogP contribution in [0.1, 0.15) is 32.3 Å². The van der Waals surface area contributed by atoms with Gasteiger partial charge < -0.3 is 11.1 Å². The highest BCUT2D eigenvalue weighted by atomic mass is 15.1. The lowest BCUT2D eigenvalue weighted by Gasteiger charge is -2.11. The summed E-state index contributed by atoms with van der Waals surface area (Å²) in [4.78, 5) is 8.42. The van der Waals surface area contributed by atoms with Gasteiger partial charge in [0.2, 0.25) is 5.95 Å². The highest BCUT2D eigenvalue weighted by Crippen LogP contribution is 2.12. The van der Waals surface area contributed by atoms with Crippen LogP contribution >= 0.6 is 0 Å².